The minimum atomic E-state index is -0.720. The van der Waals surface area contributed by atoms with Crippen LogP contribution in [-0.2, 0) is 9.53 Å². The number of hydrogen-bond acceptors (Lipinski definition) is 3. The quantitative estimate of drug-likeness (QED) is 0.739. The predicted molar refractivity (Wildman–Crippen MR) is 67.1 cm³/mol. The number of methoxy groups -OCH3 is 1. The summed E-state index contributed by atoms with van der Waals surface area (Å²) in [6.45, 7) is 6.97. The number of imide groups is 1. The van der Waals surface area contributed by atoms with E-state index in [1.54, 1.807) is 12.0 Å². The lowest BCUT2D eigenvalue weighted by Gasteiger charge is -2.24. The third kappa shape index (κ3) is 7.18. The van der Waals surface area contributed by atoms with Gasteiger partial charge >= 0.3 is 6.03 Å². The molecule has 0 aliphatic heterocycles. The molecule has 0 aliphatic carbocycles. The lowest BCUT2D eigenvalue weighted by atomic mass is 10.2. The molecule has 0 rings (SSSR count). The minimum Gasteiger partial charge on any atom is -0.383 e. The molecule has 0 heterocycles. The van der Waals surface area contributed by atoms with E-state index < -0.39 is 17.3 Å². The predicted octanol–water partition coefficient (Wildman–Crippen LogP) is 1.45. The number of rotatable bonds is 6. The summed E-state index contributed by atoms with van der Waals surface area (Å²) < 4.78 is 4.92. The minimum absolute atomic E-state index is 0.320. The van der Waals surface area contributed by atoms with E-state index in [9.17, 15) is 9.59 Å². The number of carbonyl (C=O) groups excluding carboxylic acids is 2. The van der Waals surface area contributed by atoms with Crippen LogP contribution in [0.3, 0.4) is 0 Å². The van der Waals surface area contributed by atoms with E-state index in [1.165, 1.54) is 6.92 Å². The third-order valence-electron chi connectivity index (χ3n) is 2.03. The fourth-order valence-corrected chi connectivity index (χ4v) is 1.26. The monoisotopic (exact) mass is 264 g/mol. The van der Waals surface area contributed by atoms with Crippen molar-refractivity contribution >= 4 is 23.5 Å². The first kappa shape index (κ1) is 16.2. The molecule has 0 fully saturated rings. The summed E-state index contributed by atoms with van der Waals surface area (Å²) in [6, 6.07) is -0.423. The molecule has 5 nitrogen and oxygen atoms in total. The number of nitrogens with one attached hydrogen (secondary N) is 1. The Balaban J connectivity index is 4.35. The van der Waals surface area contributed by atoms with Gasteiger partial charge in [-0.3, -0.25) is 10.1 Å². The zero-order valence-corrected chi connectivity index (χ0v) is 11.6. The topological polar surface area (TPSA) is 58.6 Å². The van der Waals surface area contributed by atoms with Crippen LogP contribution in [0.1, 0.15) is 20.8 Å². The van der Waals surface area contributed by atoms with Crippen molar-refractivity contribution in [3.8, 4) is 0 Å². The molecule has 1 atom stereocenters. The number of nitrogens with zero attached hydrogens (tertiary/aromatic N) is 1. The molecule has 0 aromatic rings. The maximum atomic E-state index is 11.8. The van der Waals surface area contributed by atoms with Crippen molar-refractivity contribution in [3.05, 3.63) is 0 Å². The summed E-state index contributed by atoms with van der Waals surface area (Å²) in [5.74, 6) is -0.163. The van der Waals surface area contributed by atoms with E-state index in [4.69, 9.17) is 16.3 Å². The second-order valence-electron chi connectivity index (χ2n) is 4.24. The highest BCUT2D eigenvalue weighted by Gasteiger charge is 2.19. The number of ether oxygens (including phenoxy) is 1. The molecule has 0 aromatic heterocycles. The first-order valence-corrected chi connectivity index (χ1v) is 6.04. The molecule has 0 saturated carbocycles. The van der Waals surface area contributed by atoms with Crippen molar-refractivity contribution in [2.45, 2.75) is 26.1 Å². The average molecular weight is 265 g/mol. The Morgan fingerprint density at radius 1 is 1.35 bits per heavy atom. The molecule has 17 heavy (non-hydrogen) atoms. The van der Waals surface area contributed by atoms with Gasteiger partial charge in [0.15, 0.2) is 0 Å². The van der Waals surface area contributed by atoms with Gasteiger partial charge < -0.3 is 9.64 Å². The Morgan fingerprint density at radius 2 is 1.94 bits per heavy atom. The number of halogens is 1. The van der Waals surface area contributed by atoms with Crippen LogP contribution in [0.5, 0.6) is 0 Å². The largest absolute Gasteiger partial charge is 0.383 e. The van der Waals surface area contributed by atoms with Crippen molar-refractivity contribution in [1.29, 1.82) is 0 Å². The Labute approximate surface area is 107 Å². The lowest BCUT2D eigenvalue weighted by Crippen LogP contribution is -2.47. The molecular weight excluding hydrogens is 244 g/mol. The summed E-state index contributed by atoms with van der Waals surface area (Å²) in [6.07, 6.45) is 0. The fraction of sp³-hybridized carbons (Fsp3) is 0.818. The van der Waals surface area contributed by atoms with E-state index >= 15 is 0 Å². The molecule has 0 spiro atoms. The van der Waals surface area contributed by atoms with Crippen molar-refractivity contribution in [3.63, 3.8) is 0 Å². The Hall–Kier alpha value is -0.810. The van der Waals surface area contributed by atoms with Gasteiger partial charge in [-0.25, -0.2) is 4.79 Å². The van der Waals surface area contributed by atoms with E-state index in [-0.39, 0.29) is 0 Å². The number of alkyl halides is 1. The van der Waals surface area contributed by atoms with Gasteiger partial charge in [-0.2, -0.15) is 0 Å². The van der Waals surface area contributed by atoms with Crippen LogP contribution in [0, 0.1) is 5.92 Å². The maximum Gasteiger partial charge on any atom is 0.324 e. The van der Waals surface area contributed by atoms with Crippen LogP contribution in [0.25, 0.3) is 0 Å². The summed E-state index contributed by atoms with van der Waals surface area (Å²) >= 11 is 5.58. The van der Waals surface area contributed by atoms with Gasteiger partial charge in [0.05, 0.1) is 6.61 Å². The molecule has 0 aromatic carbocycles. The summed E-state index contributed by atoms with van der Waals surface area (Å²) in [7, 11) is 1.57. The van der Waals surface area contributed by atoms with Gasteiger partial charge in [-0.05, 0) is 12.8 Å². The second-order valence-corrected chi connectivity index (χ2v) is 4.90. The Bertz CT molecular complexity index is 257. The molecule has 100 valence electrons. The summed E-state index contributed by atoms with van der Waals surface area (Å²) in [5.41, 5.74) is 0. The van der Waals surface area contributed by atoms with Crippen molar-refractivity contribution in [1.82, 2.24) is 10.2 Å². The van der Waals surface area contributed by atoms with E-state index in [0.29, 0.717) is 25.6 Å². The normalized spacial score (nSPS) is 12.4. The summed E-state index contributed by atoms with van der Waals surface area (Å²) in [4.78, 5) is 24.6. The van der Waals surface area contributed by atoms with Crippen LogP contribution >= 0.6 is 11.6 Å². The first-order chi connectivity index (χ1) is 7.88. The van der Waals surface area contributed by atoms with Crippen LogP contribution in [-0.4, -0.2) is 49.0 Å². The highest BCUT2D eigenvalue weighted by Crippen LogP contribution is 2.00. The van der Waals surface area contributed by atoms with E-state index in [0.717, 1.165) is 0 Å². The van der Waals surface area contributed by atoms with E-state index in [1.807, 2.05) is 13.8 Å². The molecule has 1 N–H and O–H groups in total. The van der Waals surface area contributed by atoms with Gasteiger partial charge in [-0.1, -0.05) is 13.8 Å². The lowest BCUT2D eigenvalue weighted by molar-refractivity contribution is -0.119. The van der Waals surface area contributed by atoms with Crippen molar-refractivity contribution in [2.75, 3.05) is 26.8 Å². The third-order valence-corrected chi connectivity index (χ3v) is 2.23. The zero-order valence-electron chi connectivity index (χ0n) is 10.8. The van der Waals surface area contributed by atoms with Crippen LogP contribution in [0.15, 0.2) is 0 Å². The second kappa shape index (κ2) is 8.31. The molecule has 3 amide bonds. The first-order valence-electron chi connectivity index (χ1n) is 5.61. The van der Waals surface area contributed by atoms with Gasteiger partial charge in [0.1, 0.15) is 5.38 Å². The maximum absolute atomic E-state index is 11.8. The van der Waals surface area contributed by atoms with Crippen molar-refractivity contribution in [2.24, 2.45) is 5.92 Å². The highest BCUT2D eigenvalue weighted by atomic mass is 35.5. The molecule has 0 radical (unpaired) electrons. The standard InChI is InChI=1S/C11H21ClN2O3/c1-8(2)7-14(5-6-17-4)11(16)13-10(15)9(3)12/h8-9H,5-7H2,1-4H3,(H,13,15,16). The molecular formula is C11H21ClN2O3. The Morgan fingerprint density at radius 3 is 2.35 bits per heavy atom. The van der Waals surface area contributed by atoms with Crippen molar-refractivity contribution < 1.29 is 14.3 Å². The van der Waals surface area contributed by atoms with Crippen LogP contribution < -0.4 is 5.32 Å². The van der Waals surface area contributed by atoms with E-state index in [2.05, 4.69) is 5.32 Å². The van der Waals surface area contributed by atoms with Gasteiger partial charge in [0.25, 0.3) is 0 Å². The molecule has 0 saturated heterocycles. The SMILES string of the molecule is COCCN(CC(C)C)C(=O)NC(=O)C(C)Cl. The van der Waals surface area contributed by atoms with Gasteiger partial charge in [-0.15, -0.1) is 11.6 Å². The van der Waals surface area contributed by atoms with Crippen LogP contribution in [0.4, 0.5) is 4.79 Å². The molecule has 6 heteroatoms. The number of carbonyl (C=O) groups is 2. The average Bonchev–Trinajstić information content (AvgIpc) is 2.23. The zero-order chi connectivity index (χ0) is 13.4. The molecule has 1 unspecified atom stereocenters. The smallest absolute Gasteiger partial charge is 0.324 e. The van der Waals surface area contributed by atoms with Crippen LogP contribution in [0.2, 0.25) is 0 Å². The van der Waals surface area contributed by atoms with Gasteiger partial charge in [0, 0.05) is 20.2 Å². The number of urea groups is 1. The fourth-order valence-electron chi connectivity index (χ4n) is 1.20. The number of amides is 3. The Kier molecular flexibility index (Phi) is 7.91. The molecule has 0 bridgehead atoms. The highest BCUT2D eigenvalue weighted by molar-refractivity contribution is 6.31. The molecule has 0 aliphatic rings. The number of hydrogen-bond donors (Lipinski definition) is 1. The van der Waals surface area contributed by atoms with Gasteiger partial charge in [0.2, 0.25) is 5.91 Å². The summed E-state index contributed by atoms with van der Waals surface area (Å²) in [5, 5.41) is 1.53.